The molecule has 10 atom stereocenters. The molecule has 1 spiro atoms. The van der Waals surface area contributed by atoms with Crippen molar-refractivity contribution in [2.45, 2.75) is 96.7 Å². The lowest BCUT2D eigenvalue weighted by atomic mass is 9.36. The molecule has 224 valence electrons. The van der Waals surface area contributed by atoms with Gasteiger partial charge in [-0.2, -0.15) is 0 Å². The molecule has 2 saturated heterocycles. The quantitative estimate of drug-likeness (QED) is 0.316. The molecule has 5 aliphatic rings. The summed E-state index contributed by atoms with van der Waals surface area (Å²) < 4.78 is 28.9. The number of epoxide rings is 1. The van der Waals surface area contributed by atoms with Gasteiger partial charge in [-0.25, -0.2) is 0 Å². The minimum absolute atomic E-state index is 0.0553. The molecular weight excluding hydrogens is 532 g/mol. The second-order valence-corrected chi connectivity index (χ2v) is 14.2. The first-order valence-electron chi connectivity index (χ1n) is 14.5. The van der Waals surface area contributed by atoms with Gasteiger partial charge in [-0.05, 0) is 24.8 Å². The lowest BCUT2D eigenvalue weighted by Crippen LogP contribution is -2.80. The van der Waals surface area contributed by atoms with E-state index < -0.39 is 93.1 Å². The lowest BCUT2D eigenvalue weighted by Gasteiger charge is -2.66. The normalized spacial score (nSPS) is 45.6. The molecule has 1 N–H and O–H groups in total. The number of carbonyl (C=O) groups excluding carboxylic acids is 4. The number of cyclic esters (lactones) is 1. The summed E-state index contributed by atoms with van der Waals surface area (Å²) >= 11 is 0. The molecule has 10 nitrogen and oxygen atoms in total. The molecule has 2 aliphatic heterocycles. The van der Waals surface area contributed by atoms with Crippen molar-refractivity contribution in [3.63, 3.8) is 0 Å². The number of fused-ring (bicyclic) bond motifs is 5. The van der Waals surface area contributed by atoms with Gasteiger partial charge in [0, 0.05) is 40.1 Å². The Bertz CT molecular complexity index is 1300. The standard InChI is InChI=1S/C31H40O10/c1-15(2)23(34)40-25-27(3,4)18(12-20(32)37-7)29(6)17-8-10-28(5)19(31(17)26(41-31)30(25,36)24(29)35)13-21(33)39-22(28)16-9-11-38-14-16/h9,11,14-15,17-19,22,25-26,36H,8,10,12-13H2,1-7H3/t17?,18-,19+,22-,25-,26+,28+,29+,30-,31+/m0/s1. The Morgan fingerprint density at radius 1 is 1.15 bits per heavy atom. The molecule has 2 bridgehead atoms. The van der Waals surface area contributed by atoms with Crippen molar-refractivity contribution in [3.05, 3.63) is 24.2 Å². The molecule has 1 unspecified atom stereocenters. The number of ketones is 1. The van der Waals surface area contributed by atoms with E-state index in [4.69, 9.17) is 23.4 Å². The van der Waals surface area contributed by atoms with Crippen molar-refractivity contribution in [1.82, 2.24) is 0 Å². The largest absolute Gasteiger partial charge is 0.472 e. The van der Waals surface area contributed by atoms with Crippen molar-refractivity contribution in [3.8, 4) is 0 Å². The number of carbonyl (C=O) groups is 4. The molecular formula is C31H40O10. The Kier molecular flexibility index (Phi) is 6.00. The zero-order valence-corrected chi connectivity index (χ0v) is 24.7. The highest BCUT2D eigenvalue weighted by Crippen LogP contribution is 2.78. The van der Waals surface area contributed by atoms with Gasteiger partial charge < -0.3 is 28.5 Å². The van der Waals surface area contributed by atoms with Gasteiger partial charge in [-0.15, -0.1) is 0 Å². The molecule has 3 aliphatic carbocycles. The van der Waals surface area contributed by atoms with Gasteiger partial charge >= 0.3 is 17.9 Å². The van der Waals surface area contributed by atoms with Crippen LogP contribution in [0.5, 0.6) is 0 Å². The first-order chi connectivity index (χ1) is 19.1. The predicted octanol–water partition coefficient (Wildman–Crippen LogP) is 3.54. The van der Waals surface area contributed by atoms with Gasteiger partial charge in [0.2, 0.25) is 0 Å². The number of ether oxygens (including phenoxy) is 4. The van der Waals surface area contributed by atoms with Crippen LogP contribution in [0.1, 0.15) is 78.9 Å². The van der Waals surface area contributed by atoms with Gasteiger partial charge in [-0.3, -0.25) is 19.2 Å². The molecule has 0 amide bonds. The van der Waals surface area contributed by atoms with Crippen LogP contribution >= 0.6 is 0 Å². The van der Waals surface area contributed by atoms with E-state index in [2.05, 4.69) is 6.92 Å². The molecule has 1 aromatic rings. The van der Waals surface area contributed by atoms with Gasteiger partial charge in [0.15, 0.2) is 11.4 Å². The highest BCUT2D eigenvalue weighted by molar-refractivity contribution is 5.99. The van der Waals surface area contributed by atoms with Crippen LogP contribution in [-0.2, 0) is 38.1 Å². The number of aliphatic hydroxyl groups is 1. The zero-order chi connectivity index (χ0) is 29.9. The third kappa shape index (κ3) is 3.37. The van der Waals surface area contributed by atoms with E-state index in [1.165, 1.54) is 13.4 Å². The predicted molar refractivity (Wildman–Crippen MR) is 141 cm³/mol. The van der Waals surface area contributed by atoms with Gasteiger partial charge in [0.25, 0.3) is 0 Å². The number of furan rings is 1. The second-order valence-electron chi connectivity index (χ2n) is 14.2. The summed E-state index contributed by atoms with van der Waals surface area (Å²) in [7, 11) is 1.30. The number of hydrogen-bond donors (Lipinski definition) is 1. The molecule has 41 heavy (non-hydrogen) atoms. The van der Waals surface area contributed by atoms with Gasteiger partial charge in [0.05, 0.1) is 32.0 Å². The average molecular weight is 573 g/mol. The molecule has 10 heteroatoms. The van der Waals surface area contributed by atoms with Crippen molar-refractivity contribution in [2.24, 2.45) is 39.9 Å². The molecule has 5 fully saturated rings. The molecule has 3 saturated carbocycles. The van der Waals surface area contributed by atoms with Gasteiger partial charge in [-0.1, -0.05) is 41.5 Å². The van der Waals surface area contributed by atoms with E-state index in [0.29, 0.717) is 12.8 Å². The number of hydrogen-bond acceptors (Lipinski definition) is 10. The Morgan fingerprint density at radius 2 is 1.85 bits per heavy atom. The second kappa shape index (κ2) is 8.66. The number of Topliss-reactive ketones (excluding diaryl/α,β-unsaturated/α-hetero) is 1. The van der Waals surface area contributed by atoms with Crippen LogP contribution in [-0.4, -0.2) is 59.3 Å². The van der Waals surface area contributed by atoms with E-state index in [1.54, 1.807) is 26.2 Å². The number of rotatable bonds is 5. The fraction of sp³-hybridized carbons (Fsp3) is 0.742. The third-order valence-corrected chi connectivity index (χ3v) is 11.6. The summed E-state index contributed by atoms with van der Waals surface area (Å²) in [5.41, 5.74) is -5.30. The number of methoxy groups -OCH3 is 1. The Morgan fingerprint density at radius 3 is 2.46 bits per heavy atom. The number of esters is 3. The van der Waals surface area contributed by atoms with E-state index >= 15 is 0 Å². The van der Waals surface area contributed by atoms with Crippen LogP contribution in [0.3, 0.4) is 0 Å². The Labute approximate surface area is 239 Å². The smallest absolute Gasteiger partial charge is 0.308 e. The summed E-state index contributed by atoms with van der Waals surface area (Å²) in [5.74, 6) is -3.87. The molecule has 1 aromatic heterocycles. The maximum absolute atomic E-state index is 14.6. The first-order valence-corrected chi connectivity index (χ1v) is 14.5. The highest BCUT2D eigenvalue weighted by Gasteiger charge is 2.90. The summed E-state index contributed by atoms with van der Waals surface area (Å²) in [6.45, 7) is 10.9. The van der Waals surface area contributed by atoms with Crippen LogP contribution in [0, 0.1) is 39.9 Å². The van der Waals surface area contributed by atoms with Crippen molar-refractivity contribution >= 4 is 23.7 Å². The van der Waals surface area contributed by atoms with E-state index in [-0.39, 0.29) is 12.8 Å². The Balaban J connectivity index is 1.53. The minimum Gasteiger partial charge on any atom is -0.472 e. The van der Waals surface area contributed by atoms with E-state index in [1.807, 2.05) is 20.8 Å². The Hall–Kier alpha value is -2.72. The van der Waals surface area contributed by atoms with Crippen LogP contribution < -0.4 is 0 Å². The van der Waals surface area contributed by atoms with Crippen molar-refractivity contribution < 1.29 is 47.6 Å². The van der Waals surface area contributed by atoms with Crippen molar-refractivity contribution in [2.75, 3.05) is 7.11 Å². The van der Waals surface area contributed by atoms with E-state index in [0.717, 1.165) is 5.56 Å². The topological polar surface area (TPSA) is 142 Å². The summed E-state index contributed by atoms with van der Waals surface area (Å²) in [4.78, 5) is 53.6. The third-order valence-electron chi connectivity index (χ3n) is 11.6. The molecule has 0 aromatic carbocycles. The van der Waals surface area contributed by atoms with Crippen LogP contribution in [0.25, 0.3) is 0 Å². The SMILES string of the molecule is COC(=O)C[C@H]1C(C)(C)[C@H](OC(=O)C(C)C)[C@@]2(O)C(=O)[C@]1(C)C1CC[C@]3(C)[C@@H](CC(=O)O[C@H]3c3ccoc3)[C@]13O[C@H]23. The maximum Gasteiger partial charge on any atom is 0.308 e. The van der Waals surface area contributed by atoms with Crippen LogP contribution in [0.15, 0.2) is 23.0 Å². The summed E-state index contributed by atoms with van der Waals surface area (Å²) in [5, 5.41) is 12.6. The summed E-state index contributed by atoms with van der Waals surface area (Å²) in [6, 6.07) is 1.78. The summed E-state index contributed by atoms with van der Waals surface area (Å²) in [6.07, 6.45) is 1.39. The van der Waals surface area contributed by atoms with Crippen LogP contribution in [0.2, 0.25) is 0 Å². The van der Waals surface area contributed by atoms with E-state index in [9.17, 15) is 24.3 Å². The molecule has 6 rings (SSSR count). The highest BCUT2D eigenvalue weighted by atomic mass is 16.6. The average Bonchev–Trinajstić information content (AvgIpc) is 3.40. The van der Waals surface area contributed by atoms with Gasteiger partial charge in [0.1, 0.15) is 23.9 Å². The minimum atomic E-state index is -2.17. The fourth-order valence-corrected chi connectivity index (χ4v) is 9.68. The lowest BCUT2D eigenvalue weighted by molar-refractivity contribution is -0.252. The first kappa shape index (κ1) is 28.4. The molecule has 0 radical (unpaired) electrons. The molecule has 3 heterocycles. The zero-order valence-electron chi connectivity index (χ0n) is 24.7. The fourth-order valence-electron chi connectivity index (χ4n) is 9.68. The van der Waals surface area contributed by atoms with Crippen LogP contribution in [0.4, 0.5) is 0 Å². The van der Waals surface area contributed by atoms with Crippen molar-refractivity contribution in [1.29, 1.82) is 0 Å². The maximum atomic E-state index is 14.6. The monoisotopic (exact) mass is 572 g/mol.